The summed E-state index contributed by atoms with van der Waals surface area (Å²) in [7, 11) is 1.94. The van der Waals surface area contributed by atoms with Gasteiger partial charge in [-0.05, 0) is 50.8 Å². The summed E-state index contributed by atoms with van der Waals surface area (Å²) in [6.07, 6.45) is 2.04. The standard InChI is InChI=1S/C15H24FNO2/c1-11-9-15(13(12(2)19)10-14(11)16)17(3)7-5-4-6-8-18/h9-10,12,18-19H,4-8H2,1-3H3/t12-/m0/s1. The van der Waals surface area contributed by atoms with Gasteiger partial charge in [0, 0.05) is 31.5 Å². The largest absolute Gasteiger partial charge is 0.396 e. The van der Waals surface area contributed by atoms with Crippen LogP contribution in [0.25, 0.3) is 0 Å². The molecule has 1 rings (SSSR count). The first-order valence-corrected chi connectivity index (χ1v) is 6.77. The van der Waals surface area contributed by atoms with E-state index in [4.69, 9.17) is 5.11 Å². The molecular weight excluding hydrogens is 245 g/mol. The van der Waals surface area contributed by atoms with E-state index in [1.807, 2.05) is 11.9 Å². The smallest absolute Gasteiger partial charge is 0.126 e. The molecule has 1 aromatic carbocycles. The number of halogens is 1. The maximum Gasteiger partial charge on any atom is 0.126 e. The number of hydrogen-bond acceptors (Lipinski definition) is 3. The van der Waals surface area contributed by atoms with Crippen LogP contribution in [-0.4, -0.2) is 30.4 Å². The Morgan fingerprint density at radius 3 is 2.53 bits per heavy atom. The van der Waals surface area contributed by atoms with Gasteiger partial charge in [-0.1, -0.05) is 0 Å². The van der Waals surface area contributed by atoms with Crippen LogP contribution in [0.15, 0.2) is 12.1 Å². The van der Waals surface area contributed by atoms with E-state index in [2.05, 4.69) is 0 Å². The number of benzene rings is 1. The molecule has 0 aliphatic rings. The fourth-order valence-electron chi connectivity index (χ4n) is 2.10. The first kappa shape index (κ1) is 15.9. The number of aliphatic hydroxyl groups excluding tert-OH is 2. The molecule has 19 heavy (non-hydrogen) atoms. The highest BCUT2D eigenvalue weighted by molar-refractivity contribution is 5.56. The molecule has 0 amide bonds. The average molecular weight is 269 g/mol. The van der Waals surface area contributed by atoms with E-state index in [-0.39, 0.29) is 12.4 Å². The van der Waals surface area contributed by atoms with Crippen molar-refractivity contribution in [3.05, 3.63) is 29.1 Å². The Labute approximate surface area is 114 Å². The van der Waals surface area contributed by atoms with Crippen molar-refractivity contribution in [2.24, 2.45) is 0 Å². The van der Waals surface area contributed by atoms with Crippen molar-refractivity contribution in [1.29, 1.82) is 0 Å². The predicted octanol–water partition coefficient (Wildman–Crippen LogP) is 2.79. The van der Waals surface area contributed by atoms with Crippen molar-refractivity contribution in [2.45, 2.75) is 39.2 Å². The molecule has 0 saturated carbocycles. The topological polar surface area (TPSA) is 43.7 Å². The molecule has 3 nitrogen and oxygen atoms in total. The lowest BCUT2D eigenvalue weighted by molar-refractivity contribution is 0.199. The molecule has 4 heteroatoms. The third kappa shape index (κ3) is 4.48. The quantitative estimate of drug-likeness (QED) is 0.748. The van der Waals surface area contributed by atoms with Crippen LogP contribution < -0.4 is 4.90 Å². The van der Waals surface area contributed by atoms with E-state index >= 15 is 0 Å². The lowest BCUT2D eigenvalue weighted by Crippen LogP contribution is -2.21. The lowest BCUT2D eigenvalue weighted by Gasteiger charge is -2.24. The Morgan fingerprint density at radius 1 is 1.26 bits per heavy atom. The van der Waals surface area contributed by atoms with E-state index in [0.29, 0.717) is 11.1 Å². The summed E-state index contributed by atoms with van der Waals surface area (Å²) < 4.78 is 13.6. The van der Waals surface area contributed by atoms with Crippen molar-refractivity contribution in [3.63, 3.8) is 0 Å². The molecule has 108 valence electrons. The van der Waals surface area contributed by atoms with Crippen LogP contribution in [0.1, 0.15) is 43.4 Å². The molecule has 0 unspecified atom stereocenters. The minimum Gasteiger partial charge on any atom is -0.396 e. The van der Waals surface area contributed by atoms with Gasteiger partial charge >= 0.3 is 0 Å². The molecule has 1 atom stereocenters. The molecule has 2 N–H and O–H groups in total. The van der Waals surface area contributed by atoms with E-state index in [1.54, 1.807) is 19.9 Å². The van der Waals surface area contributed by atoms with Crippen molar-refractivity contribution < 1.29 is 14.6 Å². The fraction of sp³-hybridized carbons (Fsp3) is 0.600. The summed E-state index contributed by atoms with van der Waals surface area (Å²) in [5.41, 5.74) is 2.08. The first-order chi connectivity index (χ1) is 8.97. The van der Waals surface area contributed by atoms with E-state index < -0.39 is 6.10 Å². The summed E-state index contributed by atoms with van der Waals surface area (Å²) in [5.74, 6) is -0.284. The third-order valence-electron chi connectivity index (χ3n) is 3.32. The van der Waals surface area contributed by atoms with Crippen LogP contribution in [0, 0.1) is 12.7 Å². The van der Waals surface area contributed by atoms with Gasteiger partial charge in [0.25, 0.3) is 0 Å². The molecule has 0 saturated heterocycles. The van der Waals surface area contributed by atoms with Gasteiger partial charge in [0.05, 0.1) is 6.10 Å². The van der Waals surface area contributed by atoms with Crippen LogP contribution in [0.5, 0.6) is 0 Å². The Balaban J connectivity index is 2.82. The van der Waals surface area contributed by atoms with Crippen LogP contribution in [-0.2, 0) is 0 Å². The highest BCUT2D eigenvalue weighted by Gasteiger charge is 2.14. The second-order valence-corrected chi connectivity index (χ2v) is 5.04. The monoisotopic (exact) mass is 269 g/mol. The van der Waals surface area contributed by atoms with E-state index in [0.717, 1.165) is 31.5 Å². The molecule has 1 aromatic rings. The minimum atomic E-state index is -0.690. The second kappa shape index (κ2) is 7.46. The van der Waals surface area contributed by atoms with Crippen LogP contribution >= 0.6 is 0 Å². The average Bonchev–Trinajstić information content (AvgIpc) is 2.36. The predicted molar refractivity (Wildman–Crippen MR) is 76.0 cm³/mol. The molecular formula is C15H24FNO2. The molecule has 0 aliphatic carbocycles. The van der Waals surface area contributed by atoms with Gasteiger partial charge in [-0.2, -0.15) is 0 Å². The molecule has 0 fully saturated rings. The number of aliphatic hydroxyl groups is 2. The van der Waals surface area contributed by atoms with Crippen molar-refractivity contribution in [2.75, 3.05) is 25.1 Å². The van der Waals surface area contributed by atoms with Gasteiger partial charge in [-0.15, -0.1) is 0 Å². The van der Waals surface area contributed by atoms with Gasteiger partial charge in [0.1, 0.15) is 5.82 Å². The minimum absolute atomic E-state index is 0.221. The summed E-state index contributed by atoms with van der Waals surface area (Å²) in [6.45, 7) is 4.42. The first-order valence-electron chi connectivity index (χ1n) is 6.77. The Bertz CT molecular complexity index is 407. The van der Waals surface area contributed by atoms with Crippen LogP contribution in [0.3, 0.4) is 0 Å². The zero-order chi connectivity index (χ0) is 14.4. The Hall–Kier alpha value is -1.13. The highest BCUT2D eigenvalue weighted by Crippen LogP contribution is 2.28. The SMILES string of the molecule is Cc1cc(N(C)CCCCCO)c([C@H](C)O)cc1F. The highest BCUT2D eigenvalue weighted by atomic mass is 19.1. The molecule has 0 aliphatic heterocycles. The van der Waals surface area contributed by atoms with Crippen molar-refractivity contribution in [3.8, 4) is 0 Å². The number of nitrogens with zero attached hydrogens (tertiary/aromatic N) is 1. The molecule has 0 heterocycles. The molecule has 0 bridgehead atoms. The van der Waals surface area contributed by atoms with E-state index in [1.165, 1.54) is 6.07 Å². The van der Waals surface area contributed by atoms with Gasteiger partial charge in [0.15, 0.2) is 0 Å². The molecule has 0 spiro atoms. The zero-order valence-electron chi connectivity index (χ0n) is 12.0. The van der Waals surface area contributed by atoms with Gasteiger partial charge in [-0.25, -0.2) is 4.39 Å². The van der Waals surface area contributed by atoms with Gasteiger partial charge in [0.2, 0.25) is 0 Å². The Kier molecular flexibility index (Phi) is 6.25. The summed E-state index contributed by atoms with van der Waals surface area (Å²) >= 11 is 0. The zero-order valence-corrected chi connectivity index (χ0v) is 12.0. The fourth-order valence-corrected chi connectivity index (χ4v) is 2.10. The number of aryl methyl sites for hydroxylation is 1. The lowest BCUT2D eigenvalue weighted by atomic mass is 10.0. The molecule has 0 radical (unpaired) electrons. The summed E-state index contributed by atoms with van der Waals surface area (Å²) in [6, 6.07) is 3.20. The third-order valence-corrected chi connectivity index (χ3v) is 3.32. The number of unbranched alkanes of at least 4 members (excludes halogenated alkanes) is 2. The molecule has 0 aromatic heterocycles. The Morgan fingerprint density at radius 2 is 1.95 bits per heavy atom. The number of anilines is 1. The number of hydrogen-bond donors (Lipinski definition) is 2. The maximum atomic E-state index is 13.6. The van der Waals surface area contributed by atoms with Crippen LogP contribution in [0.2, 0.25) is 0 Å². The van der Waals surface area contributed by atoms with E-state index in [9.17, 15) is 9.50 Å². The normalized spacial score (nSPS) is 12.5. The summed E-state index contributed by atoms with van der Waals surface area (Å²) in [5, 5.41) is 18.5. The number of rotatable bonds is 7. The van der Waals surface area contributed by atoms with Gasteiger partial charge < -0.3 is 15.1 Å². The van der Waals surface area contributed by atoms with Gasteiger partial charge in [-0.3, -0.25) is 0 Å². The van der Waals surface area contributed by atoms with Crippen LogP contribution in [0.4, 0.5) is 10.1 Å². The van der Waals surface area contributed by atoms with Crippen molar-refractivity contribution >= 4 is 5.69 Å². The van der Waals surface area contributed by atoms with Crippen molar-refractivity contribution in [1.82, 2.24) is 0 Å². The maximum absolute atomic E-state index is 13.6. The second-order valence-electron chi connectivity index (χ2n) is 5.04. The summed E-state index contributed by atoms with van der Waals surface area (Å²) in [4.78, 5) is 2.03.